The van der Waals surface area contributed by atoms with E-state index in [9.17, 15) is 0 Å². The molecule has 1 aromatic heterocycles. The zero-order chi connectivity index (χ0) is 27.0. The van der Waals surface area contributed by atoms with Gasteiger partial charge in [-0.05, 0) is 42.0 Å². The van der Waals surface area contributed by atoms with Crippen LogP contribution >= 0.6 is 19.0 Å². The molecule has 0 unspecified atom stereocenters. The SMILES string of the molecule is Cc1nc([P+](c2ccccc2)(c2ccccc2)c2ccccc2)c(SCc2ccccc2)o1.[O-][Cl+3]([O-])([O-])[O-]. The molecule has 194 valence electrons. The summed E-state index contributed by atoms with van der Waals surface area (Å²) in [4.78, 5) is 5.09. The molecule has 0 amide bonds. The number of nitrogens with zero attached hydrogens (tertiary/aromatic N) is 1. The monoisotopic (exact) mass is 565 g/mol. The van der Waals surface area contributed by atoms with Gasteiger partial charge >= 0.3 is 0 Å². The highest BCUT2D eigenvalue weighted by Crippen LogP contribution is 2.55. The summed E-state index contributed by atoms with van der Waals surface area (Å²) in [6, 6.07) is 42.9. The van der Waals surface area contributed by atoms with Crippen LogP contribution in [0.1, 0.15) is 11.5 Å². The van der Waals surface area contributed by atoms with Gasteiger partial charge in [0.15, 0.2) is 13.2 Å². The van der Waals surface area contributed by atoms with Gasteiger partial charge in [0.25, 0.3) is 5.44 Å². The van der Waals surface area contributed by atoms with E-state index in [1.165, 1.54) is 21.5 Å². The van der Waals surface area contributed by atoms with Crippen LogP contribution in [0.5, 0.6) is 0 Å². The van der Waals surface area contributed by atoms with Crippen molar-refractivity contribution < 1.29 is 33.3 Å². The van der Waals surface area contributed by atoms with Crippen molar-refractivity contribution in [2.45, 2.75) is 17.8 Å². The van der Waals surface area contributed by atoms with Gasteiger partial charge in [0.2, 0.25) is 5.09 Å². The smallest absolute Gasteiger partial charge is 0.250 e. The van der Waals surface area contributed by atoms with Gasteiger partial charge in [-0.15, -0.1) is 10.2 Å². The number of hydrogen-bond acceptors (Lipinski definition) is 7. The van der Waals surface area contributed by atoms with Crippen LogP contribution in [0.4, 0.5) is 0 Å². The fraction of sp³-hybridized carbons (Fsp3) is 0.0690. The average molecular weight is 566 g/mol. The Bertz CT molecular complexity index is 1310. The lowest BCUT2D eigenvalue weighted by Crippen LogP contribution is -2.68. The van der Waals surface area contributed by atoms with E-state index in [0.29, 0.717) is 5.89 Å². The van der Waals surface area contributed by atoms with Crippen molar-refractivity contribution in [1.29, 1.82) is 0 Å². The van der Waals surface area contributed by atoms with Crippen molar-refractivity contribution in [2.24, 2.45) is 0 Å². The quantitative estimate of drug-likeness (QED) is 0.214. The van der Waals surface area contributed by atoms with Crippen molar-refractivity contribution in [3.8, 4) is 0 Å². The van der Waals surface area contributed by atoms with Crippen LogP contribution in [-0.4, -0.2) is 4.98 Å². The topological polar surface area (TPSA) is 118 Å². The third kappa shape index (κ3) is 6.90. The van der Waals surface area contributed by atoms with Crippen molar-refractivity contribution in [2.75, 3.05) is 0 Å². The highest BCUT2D eigenvalue weighted by Gasteiger charge is 2.52. The fourth-order valence-corrected chi connectivity index (χ4v) is 9.74. The first kappa shape index (κ1) is 28.0. The standard InChI is InChI=1S/C29H25NOPS.ClHO4/c1-23-30-28(29(31-23)33-22-24-14-6-2-7-15-24)32(25-16-8-3-9-17-25,26-18-10-4-11-19-26)27-20-12-5-13-21-27;2-1(3,4)5/h2-21H,22H2,1H3;(H,2,3,4,5)/q+1;/p-1. The van der Waals surface area contributed by atoms with Crippen molar-refractivity contribution >= 4 is 40.4 Å². The first-order valence-corrected chi connectivity index (χ1v) is 15.6. The Morgan fingerprint density at radius 2 is 1.03 bits per heavy atom. The van der Waals surface area contributed by atoms with Crippen molar-refractivity contribution in [3.05, 3.63) is 133 Å². The van der Waals surface area contributed by atoms with Crippen LogP contribution < -0.4 is 40.0 Å². The molecule has 0 aliphatic rings. The summed E-state index contributed by atoms with van der Waals surface area (Å²) < 4.78 is 40.3. The molecule has 0 atom stereocenters. The number of benzene rings is 4. The summed E-state index contributed by atoms with van der Waals surface area (Å²) in [7, 11) is -7.21. The molecule has 1 heterocycles. The van der Waals surface area contributed by atoms with E-state index < -0.39 is 17.5 Å². The lowest BCUT2D eigenvalue weighted by Gasteiger charge is -2.25. The number of aryl methyl sites for hydroxylation is 1. The molecule has 0 bridgehead atoms. The van der Waals surface area contributed by atoms with Gasteiger partial charge in [-0.25, -0.2) is 18.6 Å². The Morgan fingerprint density at radius 3 is 1.42 bits per heavy atom. The lowest BCUT2D eigenvalue weighted by atomic mass is 10.2. The second kappa shape index (κ2) is 12.7. The van der Waals surface area contributed by atoms with Crippen LogP contribution in [0.15, 0.2) is 131 Å². The Hall–Kier alpha value is -3.00. The van der Waals surface area contributed by atoms with E-state index in [0.717, 1.165) is 16.3 Å². The molecule has 0 radical (unpaired) electrons. The molecule has 0 saturated carbocycles. The van der Waals surface area contributed by atoms with Crippen LogP contribution in [-0.2, 0) is 5.75 Å². The molecule has 0 N–H and O–H groups in total. The zero-order valence-electron chi connectivity index (χ0n) is 20.5. The Kier molecular flexibility index (Phi) is 9.36. The molecule has 0 spiro atoms. The molecule has 9 heteroatoms. The van der Waals surface area contributed by atoms with E-state index in [-0.39, 0.29) is 0 Å². The van der Waals surface area contributed by atoms with Gasteiger partial charge in [0, 0.05) is 12.7 Å². The Labute approximate surface area is 228 Å². The highest BCUT2D eigenvalue weighted by molar-refractivity contribution is 8.04. The predicted molar refractivity (Wildman–Crippen MR) is 142 cm³/mol. The maximum Gasteiger partial charge on any atom is 0.250 e. The molecule has 0 aliphatic carbocycles. The van der Waals surface area contributed by atoms with E-state index in [2.05, 4.69) is 121 Å². The maximum atomic E-state index is 8.49. The van der Waals surface area contributed by atoms with E-state index in [4.69, 9.17) is 28.0 Å². The number of aromatic nitrogens is 1. The molecular formula is C29H25ClNO5PS. The first-order chi connectivity index (χ1) is 18.3. The number of thioether (sulfide) groups is 1. The molecule has 38 heavy (non-hydrogen) atoms. The molecule has 0 aliphatic heterocycles. The van der Waals surface area contributed by atoms with Crippen LogP contribution in [0.3, 0.4) is 0 Å². The van der Waals surface area contributed by atoms with Gasteiger partial charge < -0.3 is 4.42 Å². The Balaban J connectivity index is 0.000000617. The molecule has 5 rings (SSSR count). The van der Waals surface area contributed by atoms with E-state index in [1.54, 1.807) is 11.8 Å². The number of halogens is 1. The second-order valence-corrected chi connectivity index (χ2v) is 13.2. The summed E-state index contributed by atoms with van der Waals surface area (Å²) in [5.74, 6) is 1.54. The van der Waals surface area contributed by atoms with E-state index >= 15 is 0 Å². The van der Waals surface area contributed by atoms with Gasteiger partial charge in [-0.2, -0.15) is 4.98 Å². The van der Waals surface area contributed by atoms with Crippen LogP contribution in [0.25, 0.3) is 0 Å². The van der Waals surface area contributed by atoms with Gasteiger partial charge in [0.05, 0.1) is 0 Å². The van der Waals surface area contributed by atoms with Crippen LogP contribution in [0.2, 0.25) is 0 Å². The number of oxazole rings is 1. The van der Waals surface area contributed by atoms with Gasteiger partial charge in [0.1, 0.15) is 15.9 Å². The lowest BCUT2D eigenvalue weighted by molar-refractivity contribution is -2.00. The predicted octanol–water partition coefficient (Wildman–Crippen LogP) is 1.14. The molecule has 6 nitrogen and oxygen atoms in total. The Morgan fingerprint density at radius 1 is 0.658 bits per heavy atom. The third-order valence-electron chi connectivity index (χ3n) is 5.65. The maximum absolute atomic E-state index is 8.49. The largest absolute Gasteiger partial charge is 0.430 e. The minimum atomic E-state index is -4.94. The summed E-state index contributed by atoms with van der Waals surface area (Å²) in [6.07, 6.45) is 0. The molecular weight excluding hydrogens is 541 g/mol. The molecule has 5 aromatic rings. The number of hydrogen-bond donors (Lipinski definition) is 0. The summed E-state index contributed by atoms with van der Waals surface area (Å²) in [5.41, 5.74) is 2.31. The normalized spacial score (nSPS) is 11.5. The van der Waals surface area contributed by atoms with Gasteiger partial charge in [-0.1, -0.05) is 96.7 Å². The average Bonchev–Trinajstić information content (AvgIpc) is 3.30. The highest BCUT2D eigenvalue weighted by atomic mass is 35.7. The van der Waals surface area contributed by atoms with Crippen molar-refractivity contribution in [1.82, 2.24) is 4.98 Å². The summed E-state index contributed by atoms with van der Waals surface area (Å²) >= 11 is 1.73. The van der Waals surface area contributed by atoms with Gasteiger partial charge in [-0.3, -0.25) is 0 Å². The second-order valence-electron chi connectivity index (χ2n) is 8.17. The molecule has 0 fully saturated rings. The minimum absolute atomic E-state index is 0.702. The summed E-state index contributed by atoms with van der Waals surface area (Å²) in [5, 5.41) is 4.73. The van der Waals surface area contributed by atoms with Crippen molar-refractivity contribution in [3.63, 3.8) is 0 Å². The van der Waals surface area contributed by atoms with E-state index in [1.807, 2.05) is 6.92 Å². The molecule has 4 aromatic carbocycles. The fourth-order valence-electron chi connectivity index (χ4n) is 4.20. The van der Waals surface area contributed by atoms with Crippen LogP contribution in [0, 0.1) is 17.2 Å². The third-order valence-corrected chi connectivity index (χ3v) is 11.0. The zero-order valence-corrected chi connectivity index (χ0v) is 22.9. The molecule has 0 saturated heterocycles. The first-order valence-electron chi connectivity index (χ1n) is 11.6. The number of rotatable bonds is 7. The summed E-state index contributed by atoms with van der Waals surface area (Å²) in [6.45, 7) is 1.95. The minimum Gasteiger partial charge on any atom is -0.430 e.